The van der Waals surface area contributed by atoms with Crippen molar-refractivity contribution < 1.29 is 0 Å². The lowest BCUT2D eigenvalue weighted by molar-refractivity contribution is 0.949. The molecular formula is C19H16Cl2N2. The van der Waals surface area contributed by atoms with Crippen molar-refractivity contribution in [3.8, 4) is 6.07 Å². The molecule has 2 aromatic carbocycles. The lowest BCUT2D eigenvalue weighted by atomic mass is 10.0. The largest absolute Gasteiger partial charge is 0.372 e. The molecule has 0 N–H and O–H groups in total. The summed E-state index contributed by atoms with van der Waals surface area (Å²) in [6, 6.07) is 15.7. The summed E-state index contributed by atoms with van der Waals surface area (Å²) in [5, 5.41) is 10.5. The van der Waals surface area contributed by atoms with Crippen molar-refractivity contribution in [2.24, 2.45) is 0 Å². The third kappa shape index (κ3) is 3.69. The fraction of sp³-hybridized carbons (Fsp3) is 0.211. The van der Waals surface area contributed by atoms with Crippen LogP contribution in [0.15, 0.2) is 42.5 Å². The highest BCUT2D eigenvalue weighted by Crippen LogP contribution is 2.28. The number of nitriles is 1. The van der Waals surface area contributed by atoms with Crippen molar-refractivity contribution in [3.63, 3.8) is 0 Å². The summed E-state index contributed by atoms with van der Waals surface area (Å²) < 4.78 is 0. The molecule has 0 spiro atoms. The van der Waals surface area contributed by atoms with Crippen LogP contribution in [-0.2, 0) is 0 Å². The highest BCUT2D eigenvalue weighted by Gasteiger charge is 2.12. The third-order valence-electron chi connectivity index (χ3n) is 4.02. The maximum atomic E-state index is 9.44. The van der Waals surface area contributed by atoms with Crippen LogP contribution in [0.5, 0.6) is 0 Å². The van der Waals surface area contributed by atoms with Crippen molar-refractivity contribution in [1.82, 2.24) is 0 Å². The molecule has 2 aromatic rings. The summed E-state index contributed by atoms with van der Waals surface area (Å²) in [6.07, 6.45) is 4.37. The minimum atomic E-state index is 0.485. The zero-order chi connectivity index (χ0) is 16.2. The van der Waals surface area contributed by atoms with E-state index in [9.17, 15) is 5.26 Å². The average Bonchev–Trinajstić information content (AvgIpc) is 3.08. The normalized spacial score (nSPS) is 14.8. The van der Waals surface area contributed by atoms with Gasteiger partial charge < -0.3 is 4.90 Å². The summed E-state index contributed by atoms with van der Waals surface area (Å²) >= 11 is 12.1. The van der Waals surface area contributed by atoms with Gasteiger partial charge in [0.25, 0.3) is 0 Å². The Labute approximate surface area is 146 Å². The predicted molar refractivity (Wildman–Crippen MR) is 97.8 cm³/mol. The second kappa shape index (κ2) is 7.08. The van der Waals surface area contributed by atoms with E-state index in [4.69, 9.17) is 23.2 Å². The maximum Gasteiger partial charge on any atom is 0.0998 e. The molecule has 0 bridgehead atoms. The van der Waals surface area contributed by atoms with E-state index in [-0.39, 0.29) is 0 Å². The number of benzene rings is 2. The molecule has 1 aliphatic rings. The van der Waals surface area contributed by atoms with E-state index in [0.717, 1.165) is 18.7 Å². The number of allylic oxidation sites excluding steroid dienone is 1. The first kappa shape index (κ1) is 15.9. The highest BCUT2D eigenvalue weighted by atomic mass is 35.5. The van der Waals surface area contributed by atoms with Crippen molar-refractivity contribution in [2.75, 3.05) is 18.0 Å². The molecule has 3 rings (SSSR count). The van der Waals surface area contributed by atoms with Crippen LogP contribution in [0.25, 0.3) is 11.6 Å². The van der Waals surface area contributed by atoms with Gasteiger partial charge in [-0.3, -0.25) is 0 Å². The number of anilines is 1. The van der Waals surface area contributed by atoms with Gasteiger partial charge in [0.05, 0.1) is 16.7 Å². The van der Waals surface area contributed by atoms with Gasteiger partial charge in [-0.25, -0.2) is 0 Å². The first-order valence-corrected chi connectivity index (χ1v) is 8.35. The summed E-state index contributed by atoms with van der Waals surface area (Å²) in [5.41, 5.74) is 3.45. The summed E-state index contributed by atoms with van der Waals surface area (Å²) in [4.78, 5) is 2.38. The number of hydrogen-bond donors (Lipinski definition) is 0. The van der Waals surface area contributed by atoms with Gasteiger partial charge in [0.15, 0.2) is 0 Å². The van der Waals surface area contributed by atoms with Crippen LogP contribution < -0.4 is 4.90 Å². The van der Waals surface area contributed by atoms with Crippen LogP contribution in [-0.4, -0.2) is 13.1 Å². The van der Waals surface area contributed by atoms with Crippen molar-refractivity contribution >= 4 is 40.5 Å². The van der Waals surface area contributed by atoms with E-state index < -0.39 is 0 Å². The molecule has 0 radical (unpaired) electrons. The first-order valence-electron chi connectivity index (χ1n) is 7.59. The molecule has 116 valence electrons. The monoisotopic (exact) mass is 342 g/mol. The van der Waals surface area contributed by atoms with Crippen LogP contribution in [0.2, 0.25) is 10.0 Å². The smallest absolute Gasteiger partial charge is 0.0998 e. The van der Waals surface area contributed by atoms with E-state index >= 15 is 0 Å². The Kier molecular flexibility index (Phi) is 4.91. The number of halogens is 2. The second-order valence-corrected chi connectivity index (χ2v) is 6.42. The van der Waals surface area contributed by atoms with E-state index in [2.05, 4.69) is 23.1 Å². The zero-order valence-corrected chi connectivity index (χ0v) is 14.1. The van der Waals surface area contributed by atoms with Crippen LogP contribution >= 0.6 is 23.2 Å². The molecule has 4 heteroatoms. The zero-order valence-electron chi connectivity index (χ0n) is 12.6. The van der Waals surface area contributed by atoms with Gasteiger partial charge in [-0.2, -0.15) is 5.26 Å². The number of rotatable bonds is 3. The minimum Gasteiger partial charge on any atom is -0.372 e. The van der Waals surface area contributed by atoms with Crippen LogP contribution in [0, 0.1) is 11.3 Å². The Morgan fingerprint density at radius 1 is 1.04 bits per heavy atom. The Hall–Kier alpha value is -1.95. The molecule has 1 aliphatic heterocycles. The molecule has 23 heavy (non-hydrogen) atoms. The quantitative estimate of drug-likeness (QED) is 0.531. The lowest BCUT2D eigenvalue weighted by Gasteiger charge is -2.17. The van der Waals surface area contributed by atoms with Gasteiger partial charge in [-0.05, 0) is 48.7 Å². The van der Waals surface area contributed by atoms with E-state index in [1.807, 2.05) is 18.2 Å². The Balaban J connectivity index is 1.87. The van der Waals surface area contributed by atoms with Crippen molar-refractivity contribution in [2.45, 2.75) is 12.8 Å². The van der Waals surface area contributed by atoms with Gasteiger partial charge >= 0.3 is 0 Å². The molecule has 0 atom stereocenters. The van der Waals surface area contributed by atoms with Gasteiger partial charge in [0.2, 0.25) is 0 Å². The summed E-state index contributed by atoms with van der Waals surface area (Å²) in [6.45, 7) is 2.25. The Bertz CT molecular complexity index is 767. The molecule has 1 saturated heterocycles. The molecule has 1 heterocycles. The van der Waals surface area contributed by atoms with Gasteiger partial charge in [-0.15, -0.1) is 0 Å². The standard InChI is InChI=1S/C19H16Cl2N2/c20-16-5-8-18(19(21)12-16)15(13-22)11-14-3-6-17(7-4-14)23-9-1-2-10-23/h3-8,11-12H,1-2,9-10H2. The maximum absolute atomic E-state index is 9.44. The van der Waals surface area contributed by atoms with E-state index in [1.54, 1.807) is 18.2 Å². The van der Waals surface area contributed by atoms with Crippen LogP contribution in [0.4, 0.5) is 5.69 Å². The fourth-order valence-corrected chi connectivity index (χ4v) is 3.31. The van der Waals surface area contributed by atoms with Crippen LogP contribution in [0.1, 0.15) is 24.0 Å². The third-order valence-corrected chi connectivity index (χ3v) is 4.56. The Morgan fingerprint density at radius 3 is 2.35 bits per heavy atom. The van der Waals surface area contributed by atoms with E-state index in [0.29, 0.717) is 21.2 Å². The predicted octanol–water partition coefficient (Wildman–Crippen LogP) is 5.66. The number of hydrogen-bond acceptors (Lipinski definition) is 2. The van der Waals surface area contributed by atoms with E-state index in [1.165, 1.54) is 18.5 Å². The molecule has 2 nitrogen and oxygen atoms in total. The first-order chi connectivity index (χ1) is 11.2. The lowest BCUT2D eigenvalue weighted by Crippen LogP contribution is -2.17. The Morgan fingerprint density at radius 2 is 1.74 bits per heavy atom. The molecule has 0 unspecified atom stereocenters. The summed E-state index contributed by atoms with van der Waals surface area (Å²) in [7, 11) is 0. The minimum absolute atomic E-state index is 0.485. The molecule has 0 aromatic heterocycles. The van der Waals surface area contributed by atoms with Crippen molar-refractivity contribution in [1.29, 1.82) is 5.26 Å². The van der Waals surface area contributed by atoms with Crippen molar-refractivity contribution in [3.05, 3.63) is 63.6 Å². The van der Waals surface area contributed by atoms with Gasteiger partial charge in [-0.1, -0.05) is 41.4 Å². The average molecular weight is 343 g/mol. The molecule has 1 fully saturated rings. The fourth-order valence-electron chi connectivity index (χ4n) is 2.80. The van der Waals surface area contributed by atoms with Crippen LogP contribution in [0.3, 0.4) is 0 Å². The summed E-state index contributed by atoms with van der Waals surface area (Å²) in [5.74, 6) is 0. The molecule has 0 aliphatic carbocycles. The molecule has 0 amide bonds. The topological polar surface area (TPSA) is 27.0 Å². The SMILES string of the molecule is N#CC(=Cc1ccc(N2CCCC2)cc1)c1ccc(Cl)cc1Cl. The number of nitrogens with zero attached hydrogens (tertiary/aromatic N) is 2. The molecular weight excluding hydrogens is 327 g/mol. The molecule has 0 saturated carbocycles. The van der Waals surface area contributed by atoms with Gasteiger partial charge in [0, 0.05) is 29.4 Å². The second-order valence-electron chi connectivity index (χ2n) is 5.58. The van der Waals surface area contributed by atoms with Gasteiger partial charge in [0.1, 0.15) is 0 Å². The highest BCUT2D eigenvalue weighted by molar-refractivity contribution is 6.36.